The summed E-state index contributed by atoms with van der Waals surface area (Å²) in [5.41, 5.74) is 17.1. The second-order valence-corrected chi connectivity index (χ2v) is 39.5. The fraction of sp³-hybridized carbons (Fsp3) is 0.101. The van der Waals surface area contributed by atoms with Gasteiger partial charge >= 0.3 is 0 Å². The average molecular weight is 1750 g/mol. The van der Waals surface area contributed by atoms with Crippen LogP contribution in [-0.2, 0) is 53.1 Å². The Kier molecular flexibility index (Phi) is 21.3. The molecular formula is C89H69FIr2N4O2S2Si2-4. The number of para-hydroxylation sites is 1. The summed E-state index contributed by atoms with van der Waals surface area (Å²) in [6.45, 7) is 16.1. The maximum absolute atomic E-state index is 13.5. The number of fused-ring (bicyclic) bond motifs is 12. The molecule has 0 unspecified atom stereocenters. The van der Waals surface area contributed by atoms with Gasteiger partial charge in [0.15, 0.2) is 0 Å². The molecule has 10 aromatic carbocycles. The monoisotopic (exact) mass is 1750 g/mol. The molecule has 0 spiro atoms. The van der Waals surface area contributed by atoms with Gasteiger partial charge in [-0.1, -0.05) is 225 Å². The van der Waals surface area contributed by atoms with Crippen molar-refractivity contribution in [3.63, 3.8) is 0 Å². The average Bonchev–Trinajstić information content (AvgIpc) is 1.62. The summed E-state index contributed by atoms with van der Waals surface area (Å²) < 4.78 is 30.5. The molecule has 0 saturated carbocycles. The van der Waals surface area contributed by atoms with Gasteiger partial charge in [0.05, 0.1) is 27.3 Å². The standard InChI is InChI=1S/C24H16NO.C24H16NS.C21H20NSSi.C20H17FNOSi.2Ir/c2*1-2-6-17(7-3-1)14-18-12-13-25-22(15-18)19-10-11-24-21(16-19)20-8-4-5-9-23(20)26-24;1-14-9-11-16(18-12-10-15(13-22-18)24(2,3)4)21-20(14)17-7-5-6-8-19(17)23-21;1-24(2,3)14-8-10-18(22-12-14)17-6-4-5-16-15-9-7-13(21)11-19(15)23-20(16)17;;/h2*1-9,11-13,15-16H,14H2;5-10,12-13H,1-4H3;4-5,7-12H,1-3H3;;/q4*-1;;. The molecule has 0 amide bonds. The largest absolute Gasteiger partial charge is 0.500 e. The number of halogens is 1. The van der Waals surface area contributed by atoms with Gasteiger partial charge in [-0.15, -0.1) is 89.0 Å². The first-order valence-electron chi connectivity index (χ1n) is 33.5. The maximum atomic E-state index is 13.5. The zero-order valence-corrected chi connectivity index (χ0v) is 65.7. The van der Waals surface area contributed by atoms with Crippen LogP contribution in [-0.4, -0.2) is 36.1 Å². The molecule has 0 bridgehead atoms. The summed E-state index contributed by atoms with van der Waals surface area (Å²) in [7, 11) is -2.70. The van der Waals surface area contributed by atoms with E-state index < -0.39 is 16.1 Å². The summed E-state index contributed by atoms with van der Waals surface area (Å²) in [4.78, 5) is 18.6. The molecule has 13 heteroatoms. The summed E-state index contributed by atoms with van der Waals surface area (Å²) in [6.07, 6.45) is 9.61. The fourth-order valence-electron chi connectivity index (χ4n) is 12.8. The van der Waals surface area contributed by atoms with Crippen molar-refractivity contribution >= 4 is 133 Å². The minimum absolute atomic E-state index is 0. The van der Waals surface area contributed by atoms with E-state index in [1.807, 2.05) is 89.8 Å². The van der Waals surface area contributed by atoms with Crippen molar-refractivity contribution in [1.82, 2.24) is 19.9 Å². The van der Waals surface area contributed by atoms with Crippen molar-refractivity contribution in [1.29, 1.82) is 0 Å². The fourth-order valence-corrected chi connectivity index (χ4v) is 17.2. The van der Waals surface area contributed by atoms with Gasteiger partial charge in [-0.05, 0) is 131 Å². The number of hydrogen-bond acceptors (Lipinski definition) is 8. The first kappa shape index (κ1) is 70.9. The smallest absolute Gasteiger partial charge is 0.126 e. The molecule has 0 aliphatic rings. The number of thiophene rings is 2. The SMILES string of the molecule is C[Si](C)(C)c1ccc(-c2[c-]ccc3c2oc2cc(F)ccc23)nc1.Cc1c[c-]c(-c2ccc([Si](C)(C)C)cn2)c2sc3ccccc3c12.[Ir].[Ir].[c-]1cc2oc3ccccc3c2cc1-c1cc(Cc2ccccc2)ccn1.[c-]1cc2sc3ccccc3c2cc1-c1cc(Cc2ccccc2)ccn1. The molecule has 8 aromatic heterocycles. The van der Waals surface area contributed by atoms with Crippen molar-refractivity contribution in [3.05, 3.63) is 325 Å². The van der Waals surface area contributed by atoms with Crippen LogP contribution in [0.5, 0.6) is 0 Å². The topological polar surface area (TPSA) is 77.8 Å². The third-order valence-corrected chi connectivity index (χ3v) is 24.5. The van der Waals surface area contributed by atoms with Crippen LogP contribution in [0.2, 0.25) is 39.3 Å². The van der Waals surface area contributed by atoms with Gasteiger partial charge in [0.1, 0.15) is 17.0 Å². The minimum atomic E-state index is -1.38. The second kappa shape index (κ2) is 30.6. The molecule has 0 N–H and O–H groups in total. The van der Waals surface area contributed by atoms with E-state index in [0.717, 1.165) is 90.6 Å². The molecule has 102 heavy (non-hydrogen) atoms. The van der Waals surface area contributed by atoms with Crippen LogP contribution in [0.25, 0.3) is 129 Å². The van der Waals surface area contributed by atoms with Gasteiger partial charge in [-0.3, -0.25) is 0 Å². The van der Waals surface area contributed by atoms with E-state index in [4.69, 9.17) is 13.8 Å². The molecule has 18 aromatic rings. The van der Waals surface area contributed by atoms with E-state index in [1.165, 1.54) is 90.7 Å². The summed E-state index contributed by atoms with van der Waals surface area (Å²) >= 11 is 3.66. The van der Waals surface area contributed by atoms with E-state index in [1.54, 1.807) is 6.07 Å². The summed E-state index contributed by atoms with van der Waals surface area (Å²) in [5, 5.41) is 12.1. The summed E-state index contributed by atoms with van der Waals surface area (Å²) in [6, 6.07) is 95.7. The molecule has 0 aliphatic carbocycles. The zero-order valence-electron chi connectivity index (χ0n) is 57.3. The first-order chi connectivity index (χ1) is 48.6. The summed E-state index contributed by atoms with van der Waals surface area (Å²) in [5.74, 6) is -0.301. The Hall–Kier alpha value is -9.50. The van der Waals surface area contributed by atoms with Gasteiger partial charge in [-0.2, -0.15) is 22.7 Å². The van der Waals surface area contributed by atoms with Gasteiger partial charge < -0.3 is 28.8 Å². The number of aryl methyl sites for hydroxylation is 1. The van der Waals surface area contributed by atoms with Gasteiger partial charge in [0, 0.05) is 91.2 Å². The third kappa shape index (κ3) is 15.3. The number of hydrogen-bond donors (Lipinski definition) is 0. The van der Waals surface area contributed by atoms with Crippen LogP contribution >= 0.6 is 22.7 Å². The van der Waals surface area contributed by atoms with Crippen molar-refractivity contribution in [2.75, 3.05) is 0 Å². The van der Waals surface area contributed by atoms with Crippen molar-refractivity contribution < 1.29 is 53.4 Å². The van der Waals surface area contributed by atoms with Crippen molar-refractivity contribution in [3.8, 4) is 45.0 Å². The molecule has 18 rings (SSSR count). The number of rotatable bonds is 10. The van der Waals surface area contributed by atoms with Crippen LogP contribution in [0.1, 0.15) is 27.8 Å². The van der Waals surface area contributed by atoms with Gasteiger partial charge in [0.25, 0.3) is 0 Å². The Labute approximate surface area is 630 Å². The van der Waals surface area contributed by atoms with Crippen LogP contribution in [0, 0.1) is 37.0 Å². The quantitative estimate of drug-likeness (QED) is 0.100. The predicted octanol–water partition coefficient (Wildman–Crippen LogP) is 23.4. The Morgan fingerprint density at radius 1 is 0.392 bits per heavy atom. The maximum Gasteiger partial charge on any atom is 0.126 e. The van der Waals surface area contributed by atoms with Crippen LogP contribution in [0.3, 0.4) is 0 Å². The number of aromatic nitrogens is 4. The number of pyridine rings is 4. The molecular weight excluding hydrogens is 1680 g/mol. The molecule has 506 valence electrons. The molecule has 0 fully saturated rings. The Bertz CT molecular complexity index is 5790. The number of furan rings is 2. The second-order valence-electron chi connectivity index (χ2n) is 27.2. The zero-order chi connectivity index (χ0) is 68.5. The van der Waals surface area contributed by atoms with E-state index >= 15 is 0 Å². The van der Waals surface area contributed by atoms with E-state index in [-0.39, 0.29) is 46.0 Å². The molecule has 0 aliphatic heterocycles. The van der Waals surface area contributed by atoms with E-state index in [0.29, 0.717) is 11.2 Å². The Morgan fingerprint density at radius 3 is 1.56 bits per heavy atom. The third-order valence-electron chi connectivity index (χ3n) is 18.1. The van der Waals surface area contributed by atoms with E-state index in [2.05, 4.69) is 268 Å². The molecule has 8 heterocycles. The van der Waals surface area contributed by atoms with Crippen LogP contribution in [0.15, 0.2) is 276 Å². The molecule has 0 saturated heterocycles. The van der Waals surface area contributed by atoms with Crippen molar-refractivity contribution in [2.24, 2.45) is 0 Å². The molecule has 2 radical (unpaired) electrons. The van der Waals surface area contributed by atoms with Crippen LogP contribution < -0.4 is 10.4 Å². The first-order valence-corrected chi connectivity index (χ1v) is 42.2. The molecule has 0 atom stereocenters. The van der Waals surface area contributed by atoms with Crippen LogP contribution in [0.4, 0.5) is 4.39 Å². The Balaban J connectivity index is 0.000000121. The normalized spacial score (nSPS) is 11.5. The minimum Gasteiger partial charge on any atom is -0.500 e. The van der Waals surface area contributed by atoms with Gasteiger partial charge in [0.2, 0.25) is 0 Å². The number of nitrogens with zero attached hydrogens (tertiary/aromatic N) is 4. The number of benzene rings is 10. The predicted molar refractivity (Wildman–Crippen MR) is 424 cm³/mol. The van der Waals surface area contributed by atoms with Crippen molar-refractivity contribution in [2.45, 2.75) is 59.0 Å². The van der Waals surface area contributed by atoms with Gasteiger partial charge in [-0.25, -0.2) is 4.39 Å². The van der Waals surface area contributed by atoms with E-state index in [9.17, 15) is 4.39 Å². The molecule has 6 nitrogen and oxygen atoms in total. The Morgan fingerprint density at radius 2 is 0.941 bits per heavy atom.